The number of hydrogen-bond donors (Lipinski definition) is 3. The first-order chi connectivity index (χ1) is 16.9. The van der Waals surface area contributed by atoms with Gasteiger partial charge in [-0.25, -0.2) is 0 Å². The van der Waals surface area contributed by atoms with Crippen LogP contribution in [0.25, 0.3) is 0 Å². The normalized spacial score (nSPS) is 18.2. The van der Waals surface area contributed by atoms with E-state index < -0.39 is 0 Å². The van der Waals surface area contributed by atoms with E-state index in [2.05, 4.69) is 118 Å². The van der Waals surface area contributed by atoms with Gasteiger partial charge in [-0.05, 0) is 112 Å². The second-order valence-corrected chi connectivity index (χ2v) is 10.7. The topological polar surface area (TPSA) is 60.7 Å². The molecule has 3 N–H and O–H groups in total. The third-order valence-electron chi connectivity index (χ3n) is 6.09. The molecule has 0 aromatic rings. The lowest BCUT2D eigenvalue weighted by Crippen LogP contribution is -2.00. The molecule has 5 heteroatoms. The zero-order valence-electron chi connectivity index (χ0n) is 24.6. The van der Waals surface area contributed by atoms with Crippen LogP contribution in [-0.4, -0.2) is 35.1 Å². The monoisotopic (exact) mass is 730 g/mol. The van der Waals surface area contributed by atoms with Crippen LogP contribution in [0.3, 0.4) is 0 Å². The number of aliphatic hydroxyl groups excluding tert-OH is 3. The molecule has 212 valence electrons. The number of aliphatic hydroxyl groups is 3. The van der Waals surface area contributed by atoms with Crippen LogP contribution in [0.5, 0.6) is 0 Å². The highest BCUT2D eigenvalue weighted by Crippen LogP contribution is 2.55. The standard InChI is InChI=1S/C11H20O.2C10H18O.I2/c1-9(2)5-4-6-11(3)7-10(11)8-12;2*1-9(2)5-4-6-10(3)7-8-11;1-2/h5,10,12H,4,6-8H2,1-3H3;2*5,7,11H,4,6,8H2,1-3H3;/b;10-7+;10-7-;. The van der Waals surface area contributed by atoms with Crippen molar-refractivity contribution in [2.45, 2.75) is 107 Å². The van der Waals surface area contributed by atoms with Gasteiger partial charge >= 0.3 is 0 Å². The number of rotatable bonds is 12. The van der Waals surface area contributed by atoms with Crippen LogP contribution >= 0.6 is 37.2 Å². The molecule has 0 saturated heterocycles. The second-order valence-electron chi connectivity index (χ2n) is 10.7. The van der Waals surface area contributed by atoms with Gasteiger partial charge in [-0.3, -0.25) is 0 Å². The second kappa shape index (κ2) is 26.6. The first-order valence-corrected chi connectivity index (χ1v) is 19.4. The van der Waals surface area contributed by atoms with Crippen molar-refractivity contribution in [3.8, 4) is 0 Å². The van der Waals surface area contributed by atoms with Crippen molar-refractivity contribution < 1.29 is 15.3 Å². The van der Waals surface area contributed by atoms with Crippen LogP contribution in [0.2, 0.25) is 0 Å². The van der Waals surface area contributed by atoms with E-state index in [1.807, 2.05) is 12.2 Å². The number of halogens is 2. The van der Waals surface area contributed by atoms with Crippen LogP contribution in [0, 0.1) is 11.3 Å². The van der Waals surface area contributed by atoms with Crippen molar-refractivity contribution in [1.82, 2.24) is 0 Å². The Morgan fingerprint density at radius 1 is 0.667 bits per heavy atom. The van der Waals surface area contributed by atoms with Gasteiger partial charge in [0.15, 0.2) is 0 Å². The zero-order valence-corrected chi connectivity index (χ0v) is 28.9. The Kier molecular flexibility index (Phi) is 30.0. The molecule has 0 radical (unpaired) electrons. The Morgan fingerprint density at radius 3 is 1.31 bits per heavy atom. The third-order valence-corrected chi connectivity index (χ3v) is 6.09. The van der Waals surface area contributed by atoms with Gasteiger partial charge in [0.1, 0.15) is 0 Å². The lowest BCUT2D eigenvalue weighted by atomic mass is 9.99. The summed E-state index contributed by atoms with van der Waals surface area (Å²) in [6, 6.07) is 0. The maximum Gasteiger partial charge on any atom is 0.0614 e. The summed E-state index contributed by atoms with van der Waals surface area (Å²) < 4.78 is 0. The molecule has 36 heavy (non-hydrogen) atoms. The molecular weight excluding hydrogens is 674 g/mol. The smallest absolute Gasteiger partial charge is 0.0614 e. The van der Waals surface area contributed by atoms with Gasteiger partial charge < -0.3 is 15.3 Å². The van der Waals surface area contributed by atoms with Gasteiger partial charge in [0.05, 0.1) is 13.2 Å². The van der Waals surface area contributed by atoms with Crippen LogP contribution in [-0.2, 0) is 0 Å². The summed E-state index contributed by atoms with van der Waals surface area (Å²) in [6.45, 7) is 19.8. The van der Waals surface area contributed by atoms with Crippen LogP contribution in [0.15, 0.2) is 58.2 Å². The molecule has 0 heterocycles. The first-order valence-electron chi connectivity index (χ1n) is 13.1. The van der Waals surface area contributed by atoms with E-state index in [0.717, 1.165) is 25.7 Å². The first kappa shape index (κ1) is 40.5. The minimum absolute atomic E-state index is 0.167. The van der Waals surface area contributed by atoms with Gasteiger partial charge in [0.25, 0.3) is 0 Å². The van der Waals surface area contributed by atoms with Crippen molar-refractivity contribution in [2.24, 2.45) is 11.3 Å². The van der Waals surface area contributed by atoms with E-state index in [-0.39, 0.29) is 13.2 Å². The summed E-state index contributed by atoms with van der Waals surface area (Å²) in [5.74, 6) is 0.586. The molecule has 1 saturated carbocycles. The number of hydrogen-bond acceptors (Lipinski definition) is 3. The summed E-state index contributed by atoms with van der Waals surface area (Å²) in [6.07, 6.45) is 18.4. The Bertz CT molecular complexity index is 640. The molecule has 2 unspecified atom stereocenters. The van der Waals surface area contributed by atoms with E-state index in [1.165, 1.54) is 47.1 Å². The van der Waals surface area contributed by atoms with Crippen molar-refractivity contribution in [1.29, 1.82) is 0 Å². The highest BCUT2D eigenvalue weighted by Gasteiger charge is 2.48. The Morgan fingerprint density at radius 2 is 1.03 bits per heavy atom. The molecule has 1 fully saturated rings. The molecule has 3 nitrogen and oxygen atoms in total. The van der Waals surface area contributed by atoms with Gasteiger partial charge in [-0.1, -0.05) is 65.2 Å². The fraction of sp³-hybridized carbons (Fsp3) is 0.677. The quantitative estimate of drug-likeness (QED) is 0.139. The molecule has 0 aromatic heterocycles. The molecule has 1 rings (SSSR count). The Hall–Kier alpha value is 0.0400. The van der Waals surface area contributed by atoms with Crippen LogP contribution in [0.1, 0.15) is 107 Å². The lowest BCUT2D eigenvalue weighted by Gasteiger charge is -2.07. The van der Waals surface area contributed by atoms with E-state index in [4.69, 9.17) is 15.3 Å². The van der Waals surface area contributed by atoms with Gasteiger partial charge in [-0.15, -0.1) is 0 Å². The maximum absolute atomic E-state index is 8.93. The highest BCUT2D eigenvalue weighted by molar-refractivity contribution is 15.0. The summed E-state index contributed by atoms with van der Waals surface area (Å²) in [4.78, 5) is 0. The average molecular weight is 731 g/mol. The van der Waals surface area contributed by atoms with Crippen molar-refractivity contribution in [3.05, 3.63) is 58.2 Å². The van der Waals surface area contributed by atoms with Gasteiger partial charge in [-0.2, -0.15) is 0 Å². The van der Waals surface area contributed by atoms with Gasteiger partial charge in [0.2, 0.25) is 0 Å². The summed E-state index contributed by atoms with van der Waals surface area (Å²) in [5, 5.41) is 26.0. The molecular formula is C31H56I2O3. The fourth-order valence-electron chi connectivity index (χ4n) is 3.48. The van der Waals surface area contributed by atoms with Crippen LogP contribution < -0.4 is 0 Å². The van der Waals surface area contributed by atoms with Gasteiger partial charge in [0, 0.05) is 43.8 Å². The van der Waals surface area contributed by atoms with Crippen molar-refractivity contribution in [2.75, 3.05) is 19.8 Å². The molecule has 0 bridgehead atoms. The predicted octanol–water partition coefficient (Wildman–Crippen LogP) is 9.87. The van der Waals surface area contributed by atoms with E-state index in [0.29, 0.717) is 17.9 Å². The van der Waals surface area contributed by atoms with Crippen molar-refractivity contribution >= 4 is 37.2 Å². The maximum atomic E-state index is 8.93. The molecule has 0 aliphatic heterocycles. The lowest BCUT2D eigenvalue weighted by molar-refractivity contribution is 0.250. The molecule has 1 aliphatic rings. The van der Waals surface area contributed by atoms with Crippen molar-refractivity contribution in [3.63, 3.8) is 0 Å². The summed E-state index contributed by atoms with van der Waals surface area (Å²) >= 11 is 4.24. The van der Waals surface area contributed by atoms with E-state index in [1.54, 1.807) is 0 Å². The SMILES string of the molecule is CC(C)=CCC/C(C)=C/CO.CC(C)=CCC/C(C)=C\CO.CC(C)=CCCC1(C)CC1CO.II. The Balaban J connectivity index is -0.000000439. The molecule has 2 atom stereocenters. The molecule has 1 aliphatic carbocycles. The molecule has 0 spiro atoms. The molecule has 0 aromatic carbocycles. The van der Waals surface area contributed by atoms with E-state index in [9.17, 15) is 0 Å². The minimum Gasteiger partial charge on any atom is -0.396 e. The minimum atomic E-state index is 0.167. The summed E-state index contributed by atoms with van der Waals surface area (Å²) in [5.41, 5.74) is 7.12. The number of allylic oxidation sites excluding steroid dienone is 8. The Labute approximate surface area is 247 Å². The highest BCUT2D eigenvalue weighted by atomic mass is 128. The average Bonchev–Trinajstić information content (AvgIpc) is 3.45. The third kappa shape index (κ3) is 28.6. The largest absolute Gasteiger partial charge is 0.396 e. The predicted molar refractivity (Wildman–Crippen MR) is 179 cm³/mol. The van der Waals surface area contributed by atoms with Crippen LogP contribution in [0.4, 0.5) is 0 Å². The zero-order chi connectivity index (χ0) is 28.6. The summed E-state index contributed by atoms with van der Waals surface area (Å²) in [7, 11) is 0. The van der Waals surface area contributed by atoms with E-state index >= 15 is 0 Å². The fourth-order valence-corrected chi connectivity index (χ4v) is 3.48. The molecule has 0 amide bonds.